The van der Waals surface area contributed by atoms with E-state index < -0.39 is 5.97 Å². The van der Waals surface area contributed by atoms with E-state index in [9.17, 15) is 9.59 Å². The molecule has 2 rings (SSSR count). The minimum atomic E-state index is -0.621. The second kappa shape index (κ2) is 5.18. The van der Waals surface area contributed by atoms with Crippen LogP contribution in [-0.4, -0.2) is 18.9 Å². The Bertz CT molecular complexity index is 555. The van der Waals surface area contributed by atoms with Crippen molar-refractivity contribution in [3.8, 4) is 0 Å². The number of benzene rings is 1. The number of halogens is 1. The Hall–Kier alpha value is -1.88. The molecule has 0 spiro atoms. The number of hydrogen-bond donors (Lipinski definition) is 0. The fourth-order valence-electron chi connectivity index (χ4n) is 1.41. The number of hydrogen-bond acceptors (Lipinski definition) is 4. The van der Waals surface area contributed by atoms with Gasteiger partial charge < -0.3 is 9.47 Å². The monoisotopic (exact) mass is 308 g/mol. The first kappa shape index (κ1) is 12.6. The van der Waals surface area contributed by atoms with Gasteiger partial charge in [0.2, 0.25) is 5.78 Å². The van der Waals surface area contributed by atoms with Crippen molar-refractivity contribution in [2.45, 2.75) is 0 Å². The van der Waals surface area contributed by atoms with Gasteiger partial charge in [-0.05, 0) is 12.1 Å². The highest BCUT2D eigenvalue weighted by Crippen LogP contribution is 2.27. The van der Waals surface area contributed by atoms with Crippen molar-refractivity contribution in [1.29, 1.82) is 0 Å². The van der Waals surface area contributed by atoms with Crippen LogP contribution in [0.2, 0.25) is 0 Å². The van der Waals surface area contributed by atoms with E-state index >= 15 is 0 Å². The van der Waals surface area contributed by atoms with E-state index in [0.717, 1.165) is 16.1 Å². The van der Waals surface area contributed by atoms with Crippen LogP contribution in [0.15, 0.2) is 46.6 Å². The second-order valence-corrected chi connectivity index (χ2v) is 4.43. The highest BCUT2D eigenvalue weighted by Gasteiger charge is 2.22. The summed E-state index contributed by atoms with van der Waals surface area (Å²) in [5, 5.41) is 0. The predicted octanol–water partition coefficient (Wildman–Crippen LogP) is 2.45. The Kier molecular flexibility index (Phi) is 3.62. The molecule has 0 radical (unpaired) electrons. The molecule has 1 aliphatic heterocycles. The lowest BCUT2D eigenvalue weighted by Gasteiger charge is -2.03. The maximum Gasteiger partial charge on any atom is 0.334 e. The summed E-state index contributed by atoms with van der Waals surface area (Å²) in [6.45, 7) is 0. The first-order chi connectivity index (χ1) is 8.60. The highest BCUT2D eigenvalue weighted by molar-refractivity contribution is 9.10. The van der Waals surface area contributed by atoms with Crippen molar-refractivity contribution in [2.24, 2.45) is 0 Å². The van der Waals surface area contributed by atoms with Gasteiger partial charge in [0.25, 0.3) is 0 Å². The van der Waals surface area contributed by atoms with E-state index in [0.29, 0.717) is 5.76 Å². The van der Waals surface area contributed by atoms with E-state index in [1.165, 1.54) is 13.2 Å². The van der Waals surface area contributed by atoms with E-state index in [1.54, 1.807) is 0 Å². The normalized spacial score (nSPS) is 16.4. The van der Waals surface area contributed by atoms with Gasteiger partial charge >= 0.3 is 5.97 Å². The first-order valence-corrected chi connectivity index (χ1v) is 5.89. The number of carbonyl (C=O) groups excluding carboxylic acids is 2. The minimum Gasteiger partial charge on any atom is -0.466 e. The van der Waals surface area contributed by atoms with Crippen molar-refractivity contribution in [2.75, 3.05) is 7.11 Å². The standard InChI is InChI=1S/C13H9BrO4/c1-17-13(16)7-12-10(15)6-11(18-12)8-2-4-9(14)5-3-8/h2-7H,1H3/b12-7+. The molecule has 18 heavy (non-hydrogen) atoms. The maximum atomic E-state index is 11.6. The molecule has 0 aliphatic carbocycles. The van der Waals surface area contributed by atoms with E-state index in [1.807, 2.05) is 24.3 Å². The van der Waals surface area contributed by atoms with Crippen LogP contribution in [0, 0.1) is 0 Å². The van der Waals surface area contributed by atoms with Crippen molar-refractivity contribution in [1.82, 2.24) is 0 Å². The number of esters is 1. The third-order valence-electron chi connectivity index (χ3n) is 2.30. The third-order valence-corrected chi connectivity index (χ3v) is 2.83. The Morgan fingerprint density at radius 1 is 1.33 bits per heavy atom. The predicted molar refractivity (Wildman–Crippen MR) is 68.3 cm³/mol. The summed E-state index contributed by atoms with van der Waals surface area (Å²) in [6, 6.07) is 7.30. The van der Waals surface area contributed by atoms with Gasteiger partial charge in [-0.15, -0.1) is 0 Å². The van der Waals surface area contributed by atoms with Crippen LogP contribution in [0.5, 0.6) is 0 Å². The number of allylic oxidation sites excluding steroid dienone is 1. The van der Waals surface area contributed by atoms with Gasteiger partial charge in [-0.25, -0.2) is 4.79 Å². The van der Waals surface area contributed by atoms with Crippen LogP contribution in [0.1, 0.15) is 5.56 Å². The zero-order valence-corrected chi connectivity index (χ0v) is 11.1. The number of rotatable bonds is 2. The van der Waals surface area contributed by atoms with E-state index in [2.05, 4.69) is 20.7 Å². The largest absolute Gasteiger partial charge is 0.466 e. The van der Waals surface area contributed by atoms with Gasteiger partial charge in [-0.1, -0.05) is 28.1 Å². The fourth-order valence-corrected chi connectivity index (χ4v) is 1.68. The summed E-state index contributed by atoms with van der Waals surface area (Å²) in [5.74, 6) is -0.579. The van der Waals surface area contributed by atoms with Gasteiger partial charge in [0.15, 0.2) is 5.76 Å². The SMILES string of the molecule is COC(=O)/C=C1/OC(c2ccc(Br)cc2)=CC1=O. The summed E-state index contributed by atoms with van der Waals surface area (Å²) in [4.78, 5) is 22.6. The van der Waals surface area contributed by atoms with Crippen molar-refractivity contribution in [3.05, 3.63) is 52.2 Å². The van der Waals surface area contributed by atoms with Crippen molar-refractivity contribution < 1.29 is 19.1 Å². The van der Waals surface area contributed by atoms with Crippen LogP contribution >= 0.6 is 15.9 Å². The molecule has 0 amide bonds. The number of carbonyl (C=O) groups is 2. The van der Waals surface area contributed by atoms with Crippen LogP contribution in [0.4, 0.5) is 0 Å². The Morgan fingerprint density at radius 2 is 2.00 bits per heavy atom. The maximum absolute atomic E-state index is 11.6. The lowest BCUT2D eigenvalue weighted by atomic mass is 10.2. The Balaban J connectivity index is 2.22. The molecule has 0 bridgehead atoms. The topological polar surface area (TPSA) is 52.6 Å². The molecule has 1 aliphatic rings. The van der Waals surface area contributed by atoms with Gasteiger partial charge in [-0.3, -0.25) is 4.79 Å². The van der Waals surface area contributed by atoms with Gasteiger partial charge in [0.05, 0.1) is 13.2 Å². The van der Waals surface area contributed by atoms with Crippen LogP contribution in [0.3, 0.4) is 0 Å². The van der Waals surface area contributed by atoms with Crippen molar-refractivity contribution >= 4 is 33.4 Å². The summed E-state index contributed by atoms with van der Waals surface area (Å²) in [6.07, 6.45) is 2.38. The van der Waals surface area contributed by atoms with Crippen LogP contribution < -0.4 is 0 Å². The average Bonchev–Trinajstić information content (AvgIpc) is 2.71. The molecule has 1 aromatic carbocycles. The highest BCUT2D eigenvalue weighted by atomic mass is 79.9. The fraction of sp³-hybridized carbons (Fsp3) is 0.0769. The molecule has 0 fully saturated rings. The smallest absolute Gasteiger partial charge is 0.334 e. The van der Waals surface area contributed by atoms with Crippen LogP contribution in [0.25, 0.3) is 5.76 Å². The Morgan fingerprint density at radius 3 is 2.61 bits per heavy atom. The van der Waals surface area contributed by atoms with E-state index in [4.69, 9.17) is 4.74 Å². The van der Waals surface area contributed by atoms with E-state index in [-0.39, 0.29) is 11.5 Å². The van der Waals surface area contributed by atoms with Crippen molar-refractivity contribution in [3.63, 3.8) is 0 Å². The van der Waals surface area contributed by atoms with Gasteiger partial charge in [-0.2, -0.15) is 0 Å². The average molecular weight is 309 g/mol. The zero-order valence-electron chi connectivity index (χ0n) is 9.48. The van der Waals surface area contributed by atoms with Gasteiger partial charge in [0.1, 0.15) is 5.76 Å². The number of ketones is 1. The lowest BCUT2D eigenvalue weighted by Crippen LogP contribution is -2.01. The molecular formula is C13H9BrO4. The molecule has 0 atom stereocenters. The molecule has 4 nitrogen and oxygen atoms in total. The molecule has 5 heteroatoms. The molecule has 0 unspecified atom stereocenters. The number of methoxy groups -OCH3 is 1. The Labute approximate surface area is 112 Å². The molecule has 1 heterocycles. The zero-order chi connectivity index (χ0) is 13.1. The molecule has 0 saturated heterocycles. The minimum absolute atomic E-state index is 0.0280. The molecule has 0 saturated carbocycles. The third kappa shape index (κ3) is 2.68. The molecule has 1 aromatic rings. The van der Waals surface area contributed by atoms with Crippen LogP contribution in [-0.2, 0) is 19.1 Å². The summed E-state index contributed by atoms with van der Waals surface area (Å²) >= 11 is 3.32. The summed E-state index contributed by atoms with van der Waals surface area (Å²) in [7, 11) is 1.24. The molecule has 0 N–H and O–H groups in total. The first-order valence-electron chi connectivity index (χ1n) is 5.09. The lowest BCUT2D eigenvalue weighted by molar-refractivity contribution is -0.135. The molecule has 92 valence electrons. The molecular weight excluding hydrogens is 300 g/mol. The second-order valence-electron chi connectivity index (χ2n) is 3.51. The number of ether oxygens (including phenoxy) is 2. The molecule has 0 aromatic heterocycles. The quantitative estimate of drug-likeness (QED) is 0.622. The summed E-state index contributed by atoms with van der Waals surface area (Å²) in [5.41, 5.74) is 0.764. The van der Waals surface area contributed by atoms with Gasteiger partial charge in [0, 0.05) is 16.1 Å². The summed E-state index contributed by atoms with van der Waals surface area (Å²) < 4.78 is 10.7.